The Bertz CT molecular complexity index is 597. The van der Waals surface area contributed by atoms with Crippen molar-refractivity contribution in [3.05, 3.63) is 35.4 Å². The first-order valence-corrected chi connectivity index (χ1v) is 7.79. The third-order valence-electron chi connectivity index (χ3n) is 3.64. The summed E-state index contributed by atoms with van der Waals surface area (Å²) in [5.74, 6) is 1.17. The summed E-state index contributed by atoms with van der Waals surface area (Å²) in [5.41, 5.74) is 8.68. The minimum absolute atomic E-state index is 0.319. The molecule has 4 nitrogen and oxygen atoms in total. The number of hydrogen-bond donors (Lipinski definition) is 2. The predicted octanol–water partition coefficient (Wildman–Crippen LogP) is 3.61. The zero-order chi connectivity index (χ0) is 13.9. The Kier molecular flexibility index (Phi) is 3.78. The molecule has 106 valence electrons. The van der Waals surface area contributed by atoms with Gasteiger partial charge in [0.1, 0.15) is 0 Å². The van der Waals surface area contributed by atoms with Crippen molar-refractivity contribution in [1.29, 1.82) is 0 Å². The quantitative estimate of drug-likeness (QED) is 0.902. The Morgan fingerprint density at radius 3 is 3.15 bits per heavy atom. The molecule has 20 heavy (non-hydrogen) atoms. The molecule has 5 heteroatoms. The maximum absolute atomic E-state index is 5.86. The molecule has 1 aliphatic rings. The Morgan fingerprint density at radius 1 is 1.45 bits per heavy atom. The molecule has 1 heterocycles. The number of nitrogens with zero attached hydrogens (tertiary/aromatic N) is 1. The normalized spacial score (nSPS) is 17.6. The third kappa shape index (κ3) is 2.45. The monoisotopic (exact) mass is 289 g/mol. The van der Waals surface area contributed by atoms with Crippen LogP contribution in [0.1, 0.15) is 36.9 Å². The second kappa shape index (κ2) is 5.71. The molecule has 1 atom stereocenters. The number of hydrogen-bond acceptors (Lipinski definition) is 5. The summed E-state index contributed by atoms with van der Waals surface area (Å²) in [5, 5.41) is 4.50. The fraction of sp³-hybridized carbons (Fsp3) is 0.400. The lowest BCUT2D eigenvalue weighted by Crippen LogP contribution is -2.17. The van der Waals surface area contributed by atoms with Crippen molar-refractivity contribution < 1.29 is 4.74 Å². The molecular weight excluding hydrogens is 270 g/mol. The molecule has 0 saturated heterocycles. The first-order valence-electron chi connectivity index (χ1n) is 7.02. The van der Waals surface area contributed by atoms with E-state index in [-0.39, 0.29) is 0 Å². The van der Waals surface area contributed by atoms with E-state index >= 15 is 0 Å². The number of nitrogens with two attached hydrogens (primary N) is 1. The van der Waals surface area contributed by atoms with Crippen LogP contribution in [0.25, 0.3) is 0 Å². The lowest BCUT2D eigenvalue weighted by Gasteiger charge is -2.26. The molecule has 0 radical (unpaired) electrons. The van der Waals surface area contributed by atoms with E-state index in [1.807, 2.05) is 6.92 Å². The number of ether oxygens (including phenoxy) is 1. The minimum atomic E-state index is 0.319. The van der Waals surface area contributed by atoms with Gasteiger partial charge >= 0.3 is 0 Å². The second-order valence-corrected chi connectivity index (χ2v) is 5.72. The standard InChI is InChI=1S/C15H19N3OS/c1-2-19-13-14(16)18-20-15(13)17-12-9-5-7-10-6-3-4-8-11(10)12/h3-4,6,8,12,17H,2,5,7,9H2,1H3,(H2,16,18). The highest BCUT2D eigenvalue weighted by Gasteiger charge is 2.22. The fourth-order valence-corrected chi connectivity index (χ4v) is 3.45. The van der Waals surface area contributed by atoms with E-state index in [1.54, 1.807) is 0 Å². The zero-order valence-corrected chi connectivity index (χ0v) is 12.4. The van der Waals surface area contributed by atoms with Crippen LogP contribution in [-0.4, -0.2) is 11.0 Å². The summed E-state index contributed by atoms with van der Waals surface area (Å²) >= 11 is 1.37. The minimum Gasteiger partial charge on any atom is -0.487 e. The SMILES string of the molecule is CCOc1c(N)nsc1NC1CCCc2ccccc21. The largest absolute Gasteiger partial charge is 0.487 e. The molecule has 0 amide bonds. The lowest BCUT2D eigenvalue weighted by atomic mass is 9.88. The van der Waals surface area contributed by atoms with Crippen LogP contribution in [0.3, 0.4) is 0 Å². The smallest absolute Gasteiger partial charge is 0.197 e. The summed E-state index contributed by atoms with van der Waals surface area (Å²) < 4.78 is 9.79. The van der Waals surface area contributed by atoms with Gasteiger partial charge in [0.2, 0.25) is 0 Å². The van der Waals surface area contributed by atoms with Gasteiger partial charge < -0.3 is 15.8 Å². The van der Waals surface area contributed by atoms with E-state index in [2.05, 4.69) is 34.0 Å². The molecule has 0 spiro atoms. The van der Waals surface area contributed by atoms with E-state index in [4.69, 9.17) is 10.5 Å². The molecule has 3 N–H and O–H groups in total. The van der Waals surface area contributed by atoms with Gasteiger partial charge in [-0.2, -0.15) is 4.37 Å². The maximum atomic E-state index is 5.86. The number of nitrogens with one attached hydrogen (secondary N) is 1. The van der Waals surface area contributed by atoms with Gasteiger partial charge in [0, 0.05) is 0 Å². The second-order valence-electron chi connectivity index (χ2n) is 4.95. The van der Waals surface area contributed by atoms with Gasteiger partial charge in [-0.25, -0.2) is 0 Å². The van der Waals surface area contributed by atoms with Gasteiger partial charge in [-0.05, 0) is 48.8 Å². The zero-order valence-electron chi connectivity index (χ0n) is 11.6. The van der Waals surface area contributed by atoms with Crippen LogP contribution < -0.4 is 15.8 Å². The average molecular weight is 289 g/mol. The summed E-state index contributed by atoms with van der Waals surface area (Å²) in [6, 6.07) is 8.95. The molecule has 0 aliphatic heterocycles. The van der Waals surface area contributed by atoms with Gasteiger partial charge in [-0.15, -0.1) is 0 Å². The van der Waals surface area contributed by atoms with E-state index < -0.39 is 0 Å². The summed E-state index contributed by atoms with van der Waals surface area (Å²) in [6.45, 7) is 2.55. The number of aromatic nitrogens is 1. The van der Waals surface area contributed by atoms with E-state index in [1.165, 1.54) is 29.1 Å². The lowest BCUT2D eigenvalue weighted by molar-refractivity contribution is 0.344. The molecule has 0 saturated carbocycles. The number of aryl methyl sites for hydroxylation is 1. The van der Waals surface area contributed by atoms with Crippen LogP contribution in [0.15, 0.2) is 24.3 Å². The molecular formula is C15H19N3OS. The van der Waals surface area contributed by atoms with Crippen LogP contribution in [0.2, 0.25) is 0 Å². The van der Waals surface area contributed by atoms with Crippen molar-refractivity contribution >= 4 is 22.4 Å². The van der Waals surface area contributed by atoms with Gasteiger partial charge in [-0.3, -0.25) is 0 Å². The van der Waals surface area contributed by atoms with E-state index in [0.717, 1.165) is 17.8 Å². The van der Waals surface area contributed by atoms with Crippen LogP contribution in [0.5, 0.6) is 5.75 Å². The Labute approximate surface area is 123 Å². The first-order chi connectivity index (χ1) is 9.79. The summed E-state index contributed by atoms with van der Waals surface area (Å²) in [6.07, 6.45) is 3.49. The number of rotatable bonds is 4. The van der Waals surface area contributed by atoms with Crippen molar-refractivity contribution in [2.75, 3.05) is 17.7 Å². The van der Waals surface area contributed by atoms with Crippen LogP contribution in [0, 0.1) is 0 Å². The topological polar surface area (TPSA) is 60.2 Å². The fourth-order valence-electron chi connectivity index (χ4n) is 2.73. The molecule has 1 aliphatic carbocycles. The van der Waals surface area contributed by atoms with Crippen molar-refractivity contribution in [1.82, 2.24) is 4.37 Å². The van der Waals surface area contributed by atoms with Crippen LogP contribution in [-0.2, 0) is 6.42 Å². The van der Waals surface area contributed by atoms with Crippen LogP contribution >= 0.6 is 11.5 Å². The number of fused-ring (bicyclic) bond motifs is 1. The highest BCUT2D eigenvalue weighted by Crippen LogP contribution is 2.40. The molecule has 2 aromatic rings. The van der Waals surface area contributed by atoms with Gasteiger partial charge in [-0.1, -0.05) is 24.3 Å². The van der Waals surface area contributed by atoms with Gasteiger partial charge in [0.25, 0.3) is 0 Å². The average Bonchev–Trinajstić information content (AvgIpc) is 2.81. The maximum Gasteiger partial charge on any atom is 0.197 e. The summed E-state index contributed by atoms with van der Waals surface area (Å²) in [7, 11) is 0. The molecule has 0 fully saturated rings. The highest BCUT2D eigenvalue weighted by molar-refractivity contribution is 7.11. The molecule has 1 aromatic carbocycles. The third-order valence-corrected chi connectivity index (χ3v) is 4.41. The molecule has 1 aromatic heterocycles. The van der Waals surface area contributed by atoms with Crippen molar-refractivity contribution in [3.8, 4) is 5.75 Å². The number of anilines is 2. The number of benzene rings is 1. The van der Waals surface area contributed by atoms with Gasteiger partial charge in [0.15, 0.2) is 16.6 Å². The first kappa shape index (κ1) is 13.2. The highest BCUT2D eigenvalue weighted by atomic mass is 32.1. The summed E-state index contributed by atoms with van der Waals surface area (Å²) in [4.78, 5) is 0. The Hall–Kier alpha value is -1.75. The number of nitrogen functional groups attached to an aromatic ring is 1. The van der Waals surface area contributed by atoms with E-state index in [0.29, 0.717) is 24.2 Å². The Morgan fingerprint density at radius 2 is 2.30 bits per heavy atom. The van der Waals surface area contributed by atoms with Gasteiger partial charge in [0.05, 0.1) is 12.6 Å². The van der Waals surface area contributed by atoms with Crippen molar-refractivity contribution in [3.63, 3.8) is 0 Å². The van der Waals surface area contributed by atoms with Crippen molar-refractivity contribution in [2.45, 2.75) is 32.2 Å². The molecule has 0 bridgehead atoms. The molecule has 3 rings (SSSR count). The molecule has 1 unspecified atom stereocenters. The Balaban J connectivity index is 1.86. The van der Waals surface area contributed by atoms with E-state index in [9.17, 15) is 0 Å². The van der Waals surface area contributed by atoms with Crippen LogP contribution in [0.4, 0.5) is 10.8 Å². The predicted molar refractivity (Wildman–Crippen MR) is 83.4 cm³/mol. The van der Waals surface area contributed by atoms with Crippen molar-refractivity contribution in [2.24, 2.45) is 0 Å².